The molecule has 0 aromatic heterocycles. The van der Waals surface area contributed by atoms with Gasteiger partial charge < -0.3 is 15.2 Å². The number of para-hydroxylation sites is 2. The Kier molecular flexibility index (Phi) is 4.42. The van der Waals surface area contributed by atoms with Crippen molar-refractivity contribution < 1.29 is 9.47 Å². The number of hydrogen-bond acceptors (Lipinski definition) is 3. The molecule has 0 radical (unpaired) electrons. The van der Waals surface area contributed by atoms with Crippen LogP contribution >= 0.6 is 0 Å². The van der Waals surface area contributed by atoms with Crippen LogP contribution in [-0.4, -0.2) is 13.7 Å². The summed E-state index contributed by atoms with van der Waals surface area (Å²) in [7, 11) is 1.64. The maximum absolute atomic E-state index is 5.96. The van der Waals surface area contributed by atoms with E-state index in [9.17, 15) is 0 Å². The molecule has 2 aromatic carbocycles. The van der Waals surface area contributed by atoms with Crippen LogP contribution in [0.3, 0.4) is 0 Å². The fourth-order valence-corrected chi connectivity index (χ4v) is 1.98. The summed E-state index contributed by atoms with van der Waals surface area (Å²) >= 11 is 0. The highest BCUT2D eigenvalue weighted by atomic mass is 16.5. The third-order valence-electron chi connectivity index (χ3n) is 2.92. The van der Waals surface area contributed by atoms with Gasteiger partial charge >= 0.3 is 0 Å². The predicted octanol–water partition coefficient (Wildman–Crippen LogP) is 3.30. The average Bonchev–Trinajstić information content (AvgIpc) is 2.43. The lowest BCUT2D eigenvalue weighted by Gasteiger charge is -2.13. The van der Waals surface area contributed by atoms with Crippen molar-refractivity contribution >= 4 is 0 Å². The van der Waals surface area contributed by atoms with Gasteiger partial charge in [0.25, 0.3) is 0 Å². The topological polar surface area (TPSA) is 44.5 Å². The van der Waals surface area contributed by atoms with E-state index in [0.29, 0.717) is 12.3 Å². The van der Waals surface area contributed by atoms with Crippen molar-refractivity contribution in [2.24, 2.45) is 5.73 Å². The molecule has 0 aliphatic carbocycles. The Morgan fingerprint density at radius 2 is 1.74 bits per heavy atom. The van der Waals surface area contributed by atoms with Gasteiger partial charge in [0, 0.05) is 0 Å². The van der Waals surface area contributed by atoms with Gasteiger partial charge in [0.1, 0.15) is 5.75 Å². The summed E-state index contributed by atoms with van der Waals surface area (Å²) in [5, 5.41) is 0. The van der Waals surface area contributed by atoms with E-state index in [1.165, 1.54) is 5.56 Å². The Morgan fingerprint density at radius 3 is 2.42 bits per heavy atom. The van der Waals surface area contributed by atoms with Crippen LogP contribution in [-0.2, 0) is 6.42 Å². The predicted molar refractivity (Wildman–Crippen MR) is 77.0 cm³/mol. The molecule has 100 valence electrons. The molecule has 0 fully saturated rings. The maximum Gasteiger partial charge on any atom is 0.169 e. The molecule has 0 amide bonds. The van der Waals surface area contributed by atoms with Gasteiger partial charge in [-0.2, -0.15) is 0 Å². The first-order valence-electron chi connectivity index (χ1n) is 6.35. The number of methoxy groups -OCH3 is 1. The van der Waals surface area contributed by atoms with Crippen LogP contribution in [0.2, 0.25) is 0 Å². The molecule has 3 heteroatoms. The van der Waals surface area contributed by atoms with E-state index in [1.807, 2.05) is 36.4 Å². The Labute approximate surface area is 114 Å². The van der Waals surface area contributed by atoms with Crippen molar-refractivity contribution in [3.63, 3.8) is 0 Å². The zero-order valence-corrected chi connectivity index (χ0v) is 11.3. The molecule has 2 aromatic rings. The average molecular weight is 257 g/mol. The Hall–Kier alpha value is -2.00. The van der Waals surface area contributed by atoms with E-state index in [1.54, 1.807) is 7.11 Å². The van der Waals surface area contributed by atoms with Crippen LogP contribution in [0.1, 0.15) is 11.1 Å². The van der Waals surface area contributed by atoms with Crippen molar-refractivity contribution in [3.05, 3.63) is 53.6 Å². The SMILES string of the molecule is COc1ccccc1Oc1ccc(C)cc1CCN. The van der Waals surface area contributed by atoms with Crippen molar-refractivity contribution in [1.82, 2.24) is 0 Å². The normalized spacial score (nSPS) is 10.3. The van der Waals surface area contributed by atoms with Crippen LogP contribution in [0.5, 0.6) is 17.2 Å². The summed E-state index contributed by atoms with van der Waals surface area (Å²) in [6, 6.07) is 13.7. The van der Waals surface area contributed by atoms with Crippen molar-refractivity contribution in [3.8, 4) is 17.2 Å². The first-order valence-corrected chi connectivity index (χ1v) is 6.35. The van der Waals surface area contributed by atoms with E-state index in [2.05, 4.69) is 13.0 Å². The van der Waals surface area contributed by atoms with Gasteiger partial charge in [-0.15, -0.1) is 0 Å². The number of ether oxygens (including phenoxy) is 2. The molecule has 0 unspecified atom stereocenters. The molecule has 2 rings (SSSR count). The number of hydrogen-bond donors (Lipinski definition) is 1. The molecule has 0 atom stereocenters. The molecule has 0 saturated heterocycles. The summed E-state index contributed by atoms with van der Waals surface area (Å²) in [6.45, 7) is 2.67. The van der Waals surface area contributed by atoms with Gasteiger partial charge in [0.2, 0.25) is 0 Å². The van der Waals surface area contributed by atoms with E-state index in [-0.39, 0.29) is 0 Å². The number of benzene rings is 2. The minimum Gasteiger partial charge on any atom is -0.493 e. The zero-order valence-electron chi connectivity index (χ0n) is 11.3. The molecule has 0 bridgehead atoms. The molecule has 19 heavy (non-hydrogen) atoms. The highest BCUT2D eigenvalue weighted by Gasteiger charge is 2.08. The second-order valence-corrected chi connectivity index (χ2v) is 4.40. The van der Waals surface area contributed by atoms with Gasteiger partial charge in [0.15, 0.2) is 11.5 Å². The molecule has 2 N–H and O–H groups in total. The van der Waals surface area contributed by atoms with E-state index < -0.39 is 0 Å². The summed E-state index contributed by atoms with van der Waals surface area (Å²) in [6.07, 6.45) is 0.798. The molecule has 0 aliphatic rings. The third-order valence-corrected chi connectivity index (χ3v) is 2.92. The van der Waals surface area contributed by atoms with Gasteiger partial charge in [-0.1, -0.05) is 29.8 Å². The minimum atomic E-state index is 0.603. The van der Waals surface area contributed by atoms with Crippen LogP contribution in [0.4, 0.5) is 0 Å². The summed E-state index contributed by atoms with van der Waals surface area (Å²) < 4.78 is 11.2. The Balaban J connectivity index is 2.32. The second-order valence-electron chi connectivity index (χ2n) is 4.40. The second kappa shape index (κ2) is 6.25. The minimum absolute atomic E-state index is 0.603. The number of aryl methyl sites for hydroxylation is 1. The van der Waals surface area contributed by atoms with Crippen LogP contribution in [0.25, 0.3) is 0 Å². The first kappa shape index (κ1) is 13.4. The summed E-state index contributed by atoms with van der Waals surface area (Å²) in [5.41, 5.74) is 7.97. The van der Waals surface area contributed by atoms with Crippen molar-refractivity contribution in [2.45, 2.75) is 13.3 Å². The number of nitrogens with two attached hydrogens (primary N) is 1. The largest absolute Gasteiger partial charge is 0.493 e. The van der Waals surface area contributed by atoms with Crippen molar-refractivity contribution in [1.29, 1.82) is 0 Å². The van der Waals surface area contributed by atoms with Crippen LogP contribution in [0.15, 0.2) is 42.5 Å². The Morgan fingerprint density at radius 1 is 1.00 bits per heavy atom. The molecule has 0 spiro atoms. The maximum atomic E-state index is 5.96. The third kappa shape index (κ3) is 3.26. The lowest BCUT2D eigenvalue weighted by Crippen LogP contribution is -2.04. The van der Waals surface area contributed by atoms with Gasteiger partial charge in [-0.05, 0) is 43.7 Å². The molecule has 0 saturated carbocycles. The summed E-state index contributed by atoms with van der Waals surface area (Å²) in [5.74, 6) is 2.27. The molecule has 3 nitrogen and oxygen atoms in total. The standard InChI is InChI=1S/C16H19NO2/c1-12-7-8-14(13(11-12)9-10-17)19-16-6-4-3-5-15(16)18-2/h3-8,11H,9-10,17H2,1-2H3. The van der Waals surface area contributed by atoms with Crippen molar-refractivity contribution in [2.75, 3.05) is 13.7 Å². The molecule has 0 heterocycles. The van der Waals surface area contributed by atoms with Gasteiger partial charge in [-0.3, -0.25) is 0 Å². The van der Waals surface area contributed by atoms with E-state index in [0.717, 1.165) is 23.5 Å². The fraction of sp³-hybridized carbons (Fsp3) is 0.250. The molecule has 0 aliphatic heterocycles. The fourth-order valence-electron chi connectivity index (χ4n) is 1.98. The monoisotopic (exact) mass is 257 g/mol. The smallest absolute Gasteiger partial charge is 0.169 e. The summed E-state index contributed by atoms with van der Waals surface area (Å²) in [4.78, 5) is 0. The number of rotatable bonds is 5. The lowest BCUT2D eigenvalue weighted by atomic mass is 10.1. The Bertz CT molecular complexity index is 552. The highest BCUT2D eigenvalue weighted by Crippen LogP contribution is 2.33. The molecular formula is C16H19NO2. The first-order chi connectivity index (χ1) is 9.24. The zero-order chi connectivity index (χ0) is 13.7. The van der Waals surface area contributed by atoms with Crippen LogP contribution in [0, 0.1) is 6.92 Å². The lowest BCUT2D eigenvalue weighted by molar-refractivity contribution is 0.377. The van der Waals surface area contributed by atoms with E-state index in [4.69, 9.17) is 15.2 Å². The van der Waals surface area contributed by atoms with Gasteiger partial charge in [-0.25, -0.2) is 0 Å². The quantitative estimate of drug-likeness (QED) is 0.893. The molecular weight excluding hydrogens is 238 g/mol. The highest BCUT2D eigenvalue weighted by molar-refractivity contribution is 5.45. The van der Waals surface area contributed by atoms with E-state index >= 15 is 0 Å². The van der Waals surface area contributed by atoms with Crippen LogP contribution < -0.4 is 15.2 Å². The van der Waals surface area contributed by atoms with Gasteiger partial charge in [0.05, 0.1) is 7.11 Å².